The highest BCUT2D eigenvalue weighted by atomic mass is 16.5. The third kappa shape index (κ3) is 4.78. The number of carboxylic acid groups (broad SMARTS) is 1. The van der Waals surface area contributed by atoms with Crippen LogP contribution in [0.5, 0.6) is 5.75 Å². The minimum Gasteiger partial charge on any atom is -0.493 e. The van der Waals surface area contributed by atoms with E-state index in [2.05, 4.69) is 55.8 Å². The number of carbonyl (C=O) groups is 2. The standard InChI is InChI=1S/C33H44N2O4/c1-21-24(29(36)34-20-33(12-13-33)30(37)38)18-27(35(21)19-22-8-6-5-7-9-22)23-16-25(31(2,3)4)28-26(17-23)32(10-11-32)14-15-39-28/h16-18,22H,5-15,19-20H2,1-4H3,(H,34,36)(H,37,38). The fourth-order valence-electron chi connectivity index (χ4n) is 6.98. The molecule has 0 radical (unpaired) electrons. The first-order valence-electron chi connectivity index (χ1n) is 15.1. The molecule has 2 N–H and O–H groups in total. The molecule has 1 aliphatic heterocycles. The summed E-state index contributed by atoms with van der Waals surface area (Å²) in [4.78, 5) is 25.2. The van der Waals surface area contributed by atoms with Crippen molar-refractivity contribution in [2.45, 2.75) is 109 Å². The zero-order valence-electron chi connectivity index (χ0n) is 24.1. The predicted molar refractivity (Wildman–Crippen MR) is 153 cm³/mol. The smallest absolute Gasteiger partial charge is 0.311 e. The number of hydrogen-bond donors (Lipinski definition) is 2. The van der Waals surface area contributed by atoms with Gasteiger partial charge >= 0.3 is 5.97 Å². The van der Waals surface area contributed by atoms with Gasteiger partial charge < -0.3 is 19.7 Å². The van der Waals surface area contributed by atoms with E-state index in [4.69, 9.17) is 4.74 Å². The number of aliphatic carboxylic acids is 1. The molecule has 1 spiro atoms. The molecular weight excluding hydrogens is 488 g/mol. The van der Waals surface area contributed by atoms with Gasteiger partial charge in [-0.15, -0.1) is 0 Å². The highest BCUT2D eigenvalue weighted by molar-refractivity contribution is 5.97. The van der Waals surface area contributed by atoms with E-state index in [-0.39, 0.29) is 23.3 Å². The van der Waals surface area contributed by atoms with Gasteiger partial charge in [0.25, 0.3) is 5.91 Å². The maximum atomic E-state index is 13.5. The Balaban J connectivity index is 1.42. The molecule has 1 amide bonds. The fourth-order valence-corrected chi connectivity index (χ4v) is 6.98. The lowest BCUT2D eigenvalue weighted by atomic mass is 9.79. The number of carboxylic acids is 1. The predicted octanol–water partition coefficient (Wildman–Crippen LogP) is 6.75. The number of benzene rings is 1. The minimum absolute atomic E-state index is 0.0705. The Hall–Kier alpha value is -2.76. The SMILES string of the molecule is Cc1c(C(=O)NCC2(C(=O)O)CC2)cc(-c2cc(C(C)(C)C)c3c(c2)C2(CCO3)CC2)n1CC1CCCCC1. The summed E-state index contributed by atoms with van der Waals surface area (Å²) in [6.07, 6.45) is 11.1. The van der Waals surface area contributed by atoms with Crippen molar-refractivity contribution in [2.75, 3.05) is 13.2 Å². The third-order valence-electron chi connectivity index (χ3n) is 10.1. The van der Waals surface area contributed by atoms with Crippen molar-refractivity contribution in [3.8, 4) is 17.0 Å². The third-order valence-corrected chi connectivity index (χ3v) is 10.1. The first-order chi connectivity index (χ1) is 18.5. The van der Waals surface area contributed by atoms with Gasteiger partial charge in [-0.2, -0.15) is 0 Å². The lowest BCUT2D eigenvalue weighted by Gasteiger charge is -2.33. The van der Waals surface area contributed by atoms with Gasteiger partial charge in [0, 0.05) is 41.0 Å². The molecule has 2 aromatic rings. The Labute approximate surface area is 232 Å². The van der Waals surface area contributed by atoms with Crippen molar-refractivity contribution in [3.63, 3.8) is 0 Å². The zero-order chi connectivity index (χ0) is 27.6. The second kappa shape index (κ2) is 9.42. The van der Waals surface area contributed by atoms with Crippen LogP contribution in [0.2, 0.25) is 0 Å². The van der Waals surface area contributed by atoms with Crippen LogP contribution >= 0.6 is 0 Å². The monoisotopic (exact) mass is 532 g/mol. The van der Waals surface area contributed by atoms with Gasteiger partial charge in [-0.1, -0.05) is 40.0 Å². The number of amides is 1. The van der Waals surface area contributed by atoms with E-state index in [0.717, 1.165) is 42.3 Å². The van der Waals surface area contributed by atoms with Crippen LogP contribution in [-0.2, 0) is 22.2 Å². The van der Waals surface area contributed by atoms with E-state index in [9.17, 15) is 14.7 Å². The molecule has 1 aromatic heterocycles. The van der Waals surface area contributed by atoms with Crippen LogP contribution in [0.4, 0.5) is 0 Å². The van der Waals surface area contributed by atoms with E-state index in [1.54, 1.807) is 0 Å². The number of fused-ring (bicyclic) bond motifs is 2. The number of rotatable bonds is 7. The normalized spacial score (nSPS) is 21.2. The molecule has 3 fully saturated rings. The number of nitrogens with one attached hydrogen (secondary N) is 1. The van der Waals surface area contributed by atoms with Gasteiger partial charge in [0.15, 0.2) is 0 Å². The zero-order valence-corrected chi connectivity index (χ0v) is 24.1. The second-order valence-electron chi connectivity index (χ2n) is 13.9. The van der Waals surface area contributed by atoms with Crippen molar-refractivity contribution >= 4 is 11.9 Å². The molecule has 1 aromatic carbocycles. The van der Waals surface area contributed by atoms with Crippen LogP contribution < -0.4 is 10.1 Å². The maximum Gasteiger partial charge on any atom is 0.311 e. The molecule has 6 heteroatoms. The van der Waals surface area contributed by atoms with Crippen molar-refractivity contribution < 1.29 is 19.4 Å². The lowest BCUT2D eigenvalue weighted by molar-refractivity contribution is -0.143. The molecule has 2 heterocycles. The van der Waals surface area contributed by atoms with Crippen LogP contribution in [-0.4, -0.2) is 34.7 Å². The average Bonchev–Trinajstić information content (AvgIpc) is 3.83. The molecule has 0 atom stereocenters. The first-order valence-corrected chi connectivity index (χ1v) is 15.1. The summed E-state index contributed by atoms with van der Waals surface area (Å²) in [5, 5.41) is 12.6. The maximum absolute atomic E-state index is 13.5. The fraction of sp³-hybridized carbons (Fsp3) is 0.636. The molecule has 6 nitrogen and oxygen atoms in total. The number of hydrogen-bond acceptors (Lipinski definition) is 3. The van der Waals surface area contributed by atoms with Crippen LogP contribution in [0.15, 0.2) is 18.2 Å². The number of ether oxygens (including phenoxy) is 1. The molecule has 4 aliphatic rings. The Morgan fingerprint density at radius 1 is 1.05 bits per heavy atom. The lowest BCUT2D eigenvalue weighted by Crippen LogP contribution is -2.34. The number of carbonyl (C=O) groups excluding carboxylic acids is 1. The summed E-state index contributed by atoms with van der Waals surface area (Å²) in [5.41, 5.74) is 5.88. The summed E-state index contributed by atoms with van der Waals surface area (Å²) in [7, 11) is 0. The minimum atomic E-state index is -0.810. The Bertz CT molecular complexity index is 1280. The topological polar surface area (TPSA) is 80.6 Å². The molecule has 39 heavy (non-hydrogen) atoms. The van der Waals surface area contributed by atoms with E-state index in [1.165, 1.54) is 56.1 Å². The quantitative estimate of drug-likeness (QED) is 0.413. The Morgan fingerprint density at radius 2 is 1.77 bits per heavy atom. The number of nitrogens with zero attached hydrogens (tertiary/aromatic N) is 1. The molecule has 0 unspecified atom stereocenters. The van der Waals surface area contributed by atoms with Crippen LogP contribution in [0.3, 0.4) is 0 Å². The van der Waals surface area contributed by atoms with E-state index >= 15 is 0 Å². The number of aromatic nitrogens is 1. The first kappa shape index (κ1) is 26.5. The van der Waals surface area contributed by atoms with Gasteiger partial charge in [-0.25, -0.2) is 0 Å². The molecule has 0 bridgehead atoms. The van der Waals surface area contributed by atoms with E-state index in [1.807, 2.05) is 0 Å². The van der Waals surface area contributed by atoms with Gasteiger partial charge in [0.2, 0.25) is 0 Å². The summed E-state index contributed by atoms with van der Waals surface area (Å²) < 4.78 is 8.72. The van der Waals surface area contributed by atoms with E-state index in [0.29, 0.717) is 24.3 Å². The molecular formula is C33H44N2O4. The van der Waals surface area contributed by atoms with Crippen LogP contribution in [0.1, 0.15) is 112 Å². The molecule has 3 aliphatic carbocycles. The van der Waals surface area contributed by atoms with Crippen molar-refractivity contribution in [1.29, 1.82) is 0 Å². The largest absolute Gasteiger partial charge is 0.493 e. The van der Waals surface area contributed by atoms with Gasteiger partial charge in [0.05, 0.1) is 17.6 Å². The van der Waals surface area contributed by atoms with E-state index < -0.39 is 11.4 Å². The van der Waals surface area contributed by atoms with Crippen molar-refractivity contribution in [2.24, 2.45) is 11.3 Å². The summed E-state index contributed by atoms with van der Waals surface area (Å²) in [6, 6.07) is 6.72. The van der Waals surface area contributed by atoms with Crippen LogP contribution in [0, 0.1) is 18.3 Å². The Morgan fingerprint density at radius 3 is 2.38 bits per heavy atom. The summed E-state index contributed by atoms with van der Waals surface area (Å²) in [6.45, 7) is 10.7. The second-order valence-corrected chi connectivity index (χ2v) is 13.9. The van der Waals surface area contributed by atoms with Gasteiger partial charge in [0.1, 0.15) is 5.75 Å². The van der Waals surface area contributed by atoms with Gasteiger partial charge in [-0.05, 0) is 87.0 Å². The van der Waals surface area contributed by atoms with Crippen molar-refractivity contribution in [3.05, 3.63) is 40.6 Å². The molecule has 210 valence electrons. The summed E-state index contributed by atoms with van der Waals surface area (Å²) in [5.74, 6) is 0.715. The highest BCUT2D eigenvalue weighted by Gasteiger charge is 2.51. The van der Waals surface area contributed by atoms with Crippen LogP contribution in [0.25, 0.3) is 11.3 Å². The highest BCUT2D eigenvalue weighted by Crippen LogP contribution is 2.58. The molecule has 6 rings (SSSR count). The van der Waals surface area contributed by atoms with Crippen molar-refractivity contribution in [1.82, 2.24) is 9.88 Å². The molecule has 0 saturated heterocycles. The summed E-state index contributed by atoms with van der Waals surface area (Å²) >= 11 is 0. The van der Waals surface area contributed by atoms with Gasteiger partial charge in [-0.3, -0.25) is 9.59 Å². The molecule has 3 saturated carbocycles. The Kier molecular flexibility index (Phi) is 6.39. The average molecular weight is 533 g/mol.